The maximum absolute atomic E-state index is 12.7. The molecular weight excluding hydrogens is 349 g/mol. The molecule has 1 unspecified atom stereocenters. The van der Waals surface area contributed by atoms with Crippen LogP contribution in [0.1, 0.15) is 68.6 Å². The number of para-hydroxylation sites is 1. The molecule has 0 spiro atoms. The van der Waals surface area contributed by atoms with E-state index in [9.17, 15) is 22.8 Å². The second-order valence-electron chi connectivity index (χ2n) is 6.35. The maximum atomic E-state index is 12.7. The van der Waals surface area contributed by atoms with Crippen LogP contribution in [-0.4, -0.2) is 23.2 Å². The van der Waals surface area contributed by atoms with Gasteiger partial charge in [0.2, 0.25) is 0 Å². The molecule has 146 valence electrons. The molecule has 7 heteroatoms. The fraction of sp³-hybridized carbons (Fsp3) is 0.579. The largest absolute Gasteiger partial charge is 0.478 e. The van der Waals surface area contributed by atoms with Crippen molar-refractivity contribution in [1.29, 1.82) is 0 Å². The molecule has 4 nitrogen and oxygen atoms in total. The number of carboxylic acids is 1. The summed E-state index contributed by atoms with van der Waals surface area (Å²) in [6.45, 7) is 2.03. The third-order valence-corrected chi connectivity index (χ3v) is 4.08. The average Bonchev–Trinajstić information content (AvgIpc) is 2.55. The van der Waals surface area contributed by atoms with Crippen LogP contribution in [0.5, 0.6) is 5.75 Å². The molecular formula is C19H25F3O4. The van der Waals surface area contributed by atoms with Crippen LogP contribution in [0, 0.1) is 5.92 Å². The molecule has 0 aliphatic carbocycles. The molecule has 0 amide bonds. The number of carboxylic acid groups (broad SMARTS) is 1. The van der Waals surface area contributed by atoms with Gasteiger partial charge in [0.1, 0.15) is 11.3 Å². The van der Waals surface area contributed by atoms with E-state index in [4.69, 9.17) is 9.84 Å². The van der Waals surface area contributed by atoms with Crippen LogP contribution in [-0.2, 0) is 4.79 Å². The molecule has 0 radical (unpaired) electrons. The topological polar surface area (TPSA) is 63.6 Å². The molecule has 0 saturated heterocycles. The Morgan fingerprint density at radius 2 is 1.81 bits per heavy atom. The first-order chi connectivity index (χ1) is 12.2. The highest BCUT2D eigenvalue weighted by atomic mass is 19.4. The minimum Gasteiger partial charge on any atom is -0.478 e. The number of esters is 1. The van der Waals surface area contributed by atoms with Crippen molar-refractivity contribution in [1.82, 2.24) is 0 Å². The monoisotopic (exact) mass is 374 g/mol. The van der Waals surface area contributed by atoms with Gasteiger partial charge in [0, 0.05) is 12.8 Å². The van der Waals surface area contributed by atoms with Crippen molar-refractivity contribution in [2.24, 2.45) is 5.92 Å². The summed E-state index contributed by atoms with van der Waals surface area (Å²) in [5.41, 5.74) is -0.160. The number of benzene rings is 1. The Morgan fingerprint density at radius 1 is 1.12 bits per heavy atom. The summed E-state index contributed by atoms with van der Waals surface area (Å²) in [7, 11) is 0. The van der Waals surface area contributed by atoms with Crippen LogP contribution < -0.4 is 4.74 Å². The van der Waals surface area contributed by atoms with Crippen molar-refractivity contribution in [2.75, 3.05) is 0 Å². The fourth-order valence-electron chi connectivity index (χ4n) is 2.76. The first-order valence-electron chi connectivity index (χ1n) is 8.82. The van der Waals surface area contributed by atoms with Crippen LogP contribution in [0.25, 0.3) is 0 Å². The third-order valence-electron chi connectivity index (χ3n) is 4.08. The highest BCUT2D eigenvalue weighted by molar-refractivity contribution is 5.91. The lowest BCUT2D eigenvalue weighted by molar-refractivity contribution is -0.147. The van der Waals surface area contributed by atoms with E-state index in [1.807, 2.05) is 6.92 Å². The normalized spacial score (nSPS) is 12.6. The Bertz CT molecular complexity index is 584. The predicted octanol–water partition coefficient (Wildman–Crippen LogP) is 5.61. The number of ether oxygens (including phenoxy) is 1. The van der Waals surface area contributed by atoms with Crippen LogP contribution in [0.15, 0.2) is 24.3 Å². The summed E-state index contributed by atoms with van der Waals surface area (Å²) in [4.78, 5) is 23.0. The molecule has 26 heavy (non-hydrogen) atoms. The van der Waals surface area contributed by atoms with Gasteiger partial charge in [0.15, 0.2) is 0 Å². The van der Waals surface area contributed by atoms with Crippen LogP contribution in [0.2, 0.25) is 0 Å². The molecule has 1 rings (SSSR count). The van der Waals surface area contributed by atoms with Crippen molar-refractivity contribution in [3.05, 3.63) is 29.8 Å². The zero-order chi connectivity index (χ0) is 19.6. The molecule has 1 aromatic rings. The van der Waals surface area contributed by atoms with Crippen molar-refractivity contribution < 1.29 is 32.6 Å². The average molecular weight is 374 g/mol. The Labute approximate surface area is 151 Å². The zero-order valence-electron chi connectivity index (χ0n) is 14.8. The predicted molar refractivity (Wildman–Crippen MR) is 91.2 cm³/mol. The van der Waals surface area contributed by atoms with E-state index in [2.05, 4.69) is 0 Å². The minimum absolute atomic E-state index is 0.0692. The number of alkyl halides is 3. The number of carbonyl (C=O) groups is 2. The molecule has 0 aliphatic rings. The summed E-state index contributed by atoms with van der Waals surface area (Å²) in [5.74, 6) is -2.69. The molecule has 0 saturated carbocycles. The van der Waals surface area contributed by atoms with E-state index >= 15 is 0 Å². The quantitative estimate of drug-likeness (QED) is 0.311. The molecule has 0 fully saturated rings. The van der Waals surface area contributed by atoms with Gasteiger partial charge in [-0.15, -0.1) is 0 Å². The fourth-order valence-corrected chi connectivity index (χ4v) is 2.76. The summed E-state index contributed by atoms with van der Waals surface area (Å²) in [5, 5.41) is 9.05. The van der Waals surface area contributed by atoms with Gasteiger partial charge in [-0.3, -0.25) is 4.79 Å². The van der Waals surface area contributed by atoms with Crippen molar-refractivity contribution in [3.63, 3.8) is 0 Å². The summed E-state index contributed by atoms with van der Waals surface area (Å²) < 4.78 is 43.2. The third kappa shape index (κ3) is 8.87. The summed E-state index contributed by atoms with van der Waals surface area (Å²) >= 11 is 0. The molecule has 1 N–H and O–H groups in total. The van der Waals surface area contributed by atoms with Gasteiger partial charge in [-0.1, -0.05) is 51.2 Å². The van der Waals surface area contributed by atoms with E-state index in [1.165, 1.54) is 24.3 Å². The maximum Gasteiger partial charge on any atom is 0.389 e. The highest BCUT2D eigenvalue weighted by Gasteiger charge is 2.31. The van der Waals surface area contributed by atoms with E-state index in [-0.39, 0.29) is 24.2 Å². The van der Waals surface area contributed by atoms with E-state index < -0.39 is 30.5 Å². The van der Waals surface area contributed by atoms with Crippen LogP contribution >= 0.6 is 0 Å². The Balaban J connectivity index is 2.58. The standard InChI is InChI=1S/C19H25F3O4/c1-2-3-4-5-8-14(13-19(20,21)22)11-12-17(23)26-16-10-7-6-9-15(16)18(24)25/h6-7,9-10,14H,2-5,8,11-13H2,1H3,(H,24,25). The molecule has 1 atom stereocenters. The second-order valence-corrected chi connectivity index (χ2v) is 6.35. The summed E-state index contributed by atoms with van der Waals surface area (Å²) in [6, 6.07) is 5.66. The second kappa shape index (κ2) is 10.8. The summed E-state index contributed by atoms with van der Waals surface area (Å²) in [6.07, 6.45) is -1.33. The molecule has 0 aliphatic heterocycles. The van der Waals surface area contributed by atoms with Gasteiger partial charge in [-0.2, -0.15) is 13.2 Å². The zero-order valence-corrected chi connectivity index (χ0v) is 14.8. The number of rotatable bonds is 11. The lowest BCUT2D eigenvalue weighted by atomic mass is 9.92. The van der Waals surface area contributed by atoms with Crippen molar-refractivity contribution in [3.8, 4) is 5.75 Å². The van der Waals surface area contributed by atoms with E-state index in [0.29, 0.717) is 12.8 Å². The van der Waals surface area contributed by atoms with Gasteiger partial charge in [-0.05, 0) is 24.5 Å². The van der Waals surface area contributed by atoms with Gasteiger partial charge in [0.25, 0.3) is 0 Å². The lowest BCUT2D eigenvalue weighted by Gasteiger charge is -2.18. The molecule has 1 aromatic carbocycles. The SMILES string of the molecule is CCCCCCC(CCC(=O)Oc1ccccc1C(=O)O)CC(F)(F)F. The molecule has 0 bridgehead atoms. The van der Waals surface area contributed by atoms with Gasteiger partial charge >= 0.3 is 18.1 Å². The Morgan fingerprint density at radius 3 is 2.42 bits per heavy atom. The highest BCUT2D eigenvalue weighted by Crippen LogP contribution is 2.31. The van der Waals surface area contributed by atoms with Crippen molar-refractivity contribution >= 4 is 11.9 Å². The van der Waals surface area contributed by atoms with Crippen LogP contribution in [0.4, 0.5) is 13.2 Å². The number of halogens is 3. The molecule has 0 heterocycles. The van der Waals surface area contributed by atoms with E-state index in [1.54, 1.807) is 0 Å². The smallest absolute Gasteiger partial charge is 0.389 e. The minimum atomic E-state index is -4.27. The Kier molecular flexibility index (Phi) is 9.16. The number of hydrogen-bond donors (Lipinski definition) is 1. The first kappa shape index (κ1) is 22.0. The number of aromatic carboxylic acids is 1. The Hall–Kier alpha value is -2.05. The number of hydrogen-bond acceptors (Lipinski definition) is 3. The van der Waals surface area contributed by atoms with Crippen LogP contribution in [0.3, 0.4) is 0 Å². The number of carbonyl (C=O) groups excluding carboxylic acids is 1. The lowest BCUT2D eigenvalue weighted by Crippen LogP contribution is -2.18. The first-order valence-corrected chi connectivity index (χ1v) is 8.82. The number of unbranched alkanes of at least 4 members (excludes halogenated alkanes) is 3. The molecule has 0 aromatic heterocycles. The van der Waals surface area contributed by atoms with Gasteiger partial charge in [0.05, 0.1) is 0 Å². The van der Waals surface area contributed by atoms with E-state index in [0.717, 1.165) is 19.3 Å². The van der Waals surface area contributed by atoms with Gasteiger partial charge < -0.3 is 9.84 Å². The van der Waals surface area contributed by atoms with Gasteiger partial charge in [-0.25, -0.2) is 4.79 Å². The van der Waals surface area contributed by atoms with Crippen molar-refractivity contribution in [2.45, 2.75) is 64.5 Å².